The molecule has 2 aliphatic rings. The monoisotopic (exact) mass is 167 g/mol. The predicted molar refractivity (Wildman–Crippen MR) is 52.1 cm³/mol. The molecule has 0 aromatic carbocycles. The van der Waals surface area contributed by atoms with Crippen LogP contribution in [0.15, 0.2) is 0 Å². The summed E-state index contributed by atoms with van der Waals surface area (Å²) in [5.74, 6) is 3.34. The molecular formula is C11H21N. The number of rotatable bonds is 3. The van der Waals surface area contributed by atoms with Crippen LogP contribution in [0.3, 0.4) is 0 Å². The molecule has 0 bridgehead atoms. The summed E-state index contributed by atoms with van der Waals surface area (Å²) in [6.07, 6.45) is 7.34. The molecule has 0 spiro atoms. The Labute approximate surface area is 75.9 Å². The van der Waals surface area contributed by atoms with Crippen LogP contribution in [0.2, 0.25) is 0 Å². The molecule has 1 aliphatic heterocycles. The van der Waals surface area contributed by atoms with Crippen LogP contribution >= 0.6 is 0 Å². The van der Waals surface area contributed by atoms with Crippen LogP contribution in [0.25, 0.3) is 0 Å². The molecule has 2 atom stereocenters. The van der Waals surface area contributed by atoms with Gasteiger partial charge in [-0.15, -0.1) is 0 Å². The molecule has 2 unspecified atom stereocenters. The summed E-state index contributed by atoms with van der Waals surface area (Å²) in [6.45, 7) is 4.87. The van der Waals surface area contributed by atoms with Crippen molar-refractivity contribution in [2.24, 2.45) is 17.8 Å². The zero-order valence-corrected chi connectivity index (χ0v) is 8.18. The first-order valence-electron chi connectivity index (χ1n) is 5.62. The lowest BCUT2D eigenvalue weighted by atomic mass is 9.91. The van der Waals surface area contributed by atoms with Crippen molar-refractivity contribution in [1.82, 2.24) is 5.32 Å². The van der Waals surface area contributed by atoms with Gasteiger partial charge in [0, 0.05) is 0 Å². The summed E-state index contributed by atoms with van der Waals surface area (Å²) in [5, 5.41) is 3.44. The van der Waals surface area contributed by atoms with Gasteiger partial charge in [-0.1, -0.05) is 19.8 Å². The minimum atomic E-state index is 1.09. The summed E-state index contributed by atoms with van der Waals surface area (Å²) in [7, 11) is 0. The first-order valence-corrected chi connectivity index (χ1v) is 5.62. The normalized spacial score (nSPS) is 36.8. The Morgan fingerprint density at radius 1 is 1.25 bits per heavy atom. The van der Waals surface area contributed by atoms with Crippen LogP contribution in [0.1, 0.15) is 39.0 Å². The van der Waals surface area contributed by atoms with Crippen LogP contribution in [0.5, 0.6) is 0 Å². The van der Waals surface area contributed by atoms with Crippen LogP contribution in [-0.4, -0.2) is 13.1 Å². The van der Waals surface area contributed by atoms with Gasteiger partial charge in [0.1, 0.15) is 0 Å². The van der Waals surface area contributed by atoms with Crippen molar-refractivity contribution in [3.63, 3.8) is 0 Å². The molecular weight excluding hydrogens is 146 g/mol. The van der Waals surface area contributed by atoms with Crippen molar-refractivity contribution in [2.75, 3.05) is 13.1 Å². The highest BCUT2D eigenvalue weighted by Gasteiger charge is 2.41. The smallest absolute Gasteiger partial charge is 0.00462 e. The molecule has 2 fully saturated rings. The van der Waals surface area contributed by atoms with Crippen molar-refractivity contribution in [3.8, 4) is 0 Å². The van der Waals surface area contributed by atoms with E-state index in [1.807, 2.05) is 0 Å². The van der Waals surface area contributed by atoms with Crippen LogP contribution in [0, 0.1) is 17.8 Å². The van der Waals surface area contributed by atoms with E-state index in [1.165, 1.54) is 38.8 Å². The molecule has 1 N–H and O–H groups in total. The Kier molecular flexibility index (Phi) is 2.69. The van der Waals surface area contributed by atoms with E-state index < -0.39 is 0 Å². The third-order valence-electron chi connectivity index (χ3n) is 3.63. The molecule has 1 saturated carbocycles. The maximum Gasteiger partial charge on any atom is -0.00462 e. The molecule has 1 heteroatoms. The Bertz CT molecular complexity index is 138. The highest BCUT2D eigenvalue weighted by molar-refractivity contribution is 4.92. The van der Waals surface area contributed by atoms with Gasteiger partial charge in [0.15, 0.2) is 0 Å². The Morgan fingerprint density at radius 3 is 2.67 bits per heavy atom. The van der Waals surface area contributed by atoms with E-state index in [9.17, 15) is 0 Å². The third-order valence-corrected chi connectivity index (χ3v) is 3.63. The second kappa shape index (κ2) is 3.78. The van der Waals surface area contributed by atoms with Crippen molar-refractivity contribution >= 4 is 0 Å². The molecule has 1 heterocycles. The average Bonchev–Trinajstić information content (AvgIpc) is 2.87. The van der Waals surface area contributed by atoms with Crippen molar-refractivity contribution in [1.29, 1.82) is 0 Å². The highest BCUT2D eigenvalue weighted by atomic mass is 14.9. The summed E-state index contributed by atoms with van der Waals surface area (Å²) < 4.78 is 0. The Morgan fingerprint density at radius 2 is 2.00 bits per heavy atom. The lowest BCUT2D eigenvalue weighted by Crippen LogP contribution is -2.28. The van der Waals surface area contributed by atoms with Gasteiger partial charge in [0.25, 0.3) is 0 Å². The molecule has 1 aliphatic carbocycles. The maximum absolute atomic E-state index is 3.44. The van der Waals surface area contributed by atoms with Crippen LogP contribution in [-0.2, 0) is 0 Å². The lowest BCUT2D eigenvalue weighted by Gasteiger charge is -2.22. The van der Waals surface area contributed by atoms with Gasteiger partial charge in [-0.05, 0) is 50.1 Å². The van der Waals surface area contributed by atoms with Gasteiger partial charge >= 0.3 is 0 Å². The minimum Gasteiger partial charge on any atom is -0.317 e. The molecule has 12 heavy (non-hydrogen) atoms. The van der Waals surface area contributed by atoms with E-state index in [2.05, 4.69) is 12.2 Å². The van der Waals surface area contributed by atoms with Gasteiger partial charge in [-0.25, -0.2) is 0 Å². The van der Waals surface area contributed by atoms with Gasteiger partial charge < -0.3 is 5.32 Å². The van der Waals surface area contributed by atoms with Gasteiger partial charge in [-0.2, -0.15) is 0 Å². The second-order valence-corrected chi connectivity index (χ2v) is 4.54. The fourth-order valence-electron chi connectivity index (χ4n) is 2.82. The SMILES string of the molecule is CCCC1CC1C1CCNCC1. The largest absolute Gasteiger partial charge is 0.317 e. The van der Waals surface area contributed by atoms with Crippen molar-refractivity contribution in [2.45, 2.75) is 39.0 Å². The lowest BCUT2D eigenvalue weighted by molar-refractivity contribution is 0.321. The second-order valence-electron chi connectivity index (χ2n) is 4.54. The molecule has 0 radical (unpaired) electrons. The van der Waals surface area contributed by atoms with Gasteiger partial charge in [0.2, 0.25) is 0 Å². The van der Waals surface area contributed by atoms with Gasteiger partial charge in [-0.3, -0.25) is 0 Å². The number of nitrogens with one attached hydrogen (secondary N) is 1. The van der Waals surface area contributed by atoms with Crippen molar-refractivity contribution < 1.29 is 0 Å². The van der Waals surface area contributed by atoms with E-state index in [1.54, 1.807) is 6.42 Å². The fourth-order valence-corrected chi connectivity index (χ4v) is 2.82. The van der Waals surface area contributed by atoms with E-state index in [-0.39, 0.29) is 0 Å². The summed E-state index contributed by atoms with van der Waals surface area (Å²) >= 11 is 0. The summed E-state index contributed by atoms with van der Waals surface area (Å²) in [6, 6.07) is 0. The first kappa shape index (κ1) is 8.55. The molecule has 1 saturated heterocycles. The van der Waals surface area contributed by atoms with E-state index in [0.717, 1.165) is 17.8 Å². The zero-order chi connectivity index (χ0) is 8.39. The zero-order valence-electron chi connectivity index (χ0n) is 8.18. The predicted octanol–water partition coefficient (Wildman–Crippen LogP) is 2.42. The average molecular weight is 167 g/mol. The van der Waals surface area contributed by atoms with E-state index in [0.29, 0.717) is 0 Å². The van der Waals surface area contributed by atoms with E-state index >= 15 is 0 Å². The van der Waals surface area contributed by atoms with Crippen molar-refractivity contribution in [3.05, 3.63) is 0 Å². The third kappa shape index (κ3) is 1.82. The molecule has 0 aromatic heterocycles. The topological polar surface area (TPSA) is 12.0 Å². The van der Waals surface area contributed by atoms with Gasteiger partial charge in [0.05, 0.1) is 0 Å². The summed E-state index contributed by atoms with van der Waals surface area (Å²) in [5.41, 5.74) is 0. The number of piperidine rings is 1. The first-order chi connectivity index (χ1) is 5.92. The maximum atomic E-state index is 3.44. The highest BCUT2D eigenvalue weighted by Crippen LogP contribution is 2.49. The molecule has 2 rings (SSSR count). The minimum absolute atomic E-state index is 1.09. The summed E-state index contributed by atoms with van der Waals surface area (Å²) in [4.78, 5) is 0. The molecule has 70 valence electrons. The Balaban J connectivity index is 1.72. The Hall–Kier alpha value is -0.0400. The molecule has 1 nitrogen and oxygen atoms in total. The molecule has 0 amide bonds. The number of hydrogen-bond acceptors (Lipinski definition) is 1. The quantitative estimate of drug-likeness (QED) is 0.680. The van der Waals surface area contributed by atoms with E-state index in [4.69, 9.17) is 0 Å². The number of hydrogen-bond donors (Lipinski definition) is 1. The molecule has 0 aromatic rings. The van der Waals surface area contributed by atoms with Crippen LogP contribution in [0.4, 0.5) is 0 Å². The van der Waals surface area contributed by atoms with Crippen LogP contribution < -0.4 is 5.32 Å². The standard InChI is InChI=1S/C11H21N/c1-2-3-10-8-11(10)9-4-6-12-7-5-9/h9-12H,2-8H2,1H3. The fraction of sp³-hybridized carbons (Fsp3) is 1.00.